The van der Waals surface area contributed by atoms with Gasteiger partial charge in [-0.05, 0) is 62.7 Å². The largest absolute Gasteiger partial charge is 0.573 e. The van der Waals surface area contributed by atoms with Crippen molar-refractivity contribution in [2.75, 3.05) is 50.8 Å². The molecule has 2 N–H and O–H groups in total. The van der Waals surface area contributed by atoms with E-state index >= 15 is 0 Å². The Morgan fingerprint density at radius 1 is 1.15 bits per heavy atom. The molecule has 0 radical (unpaired) electrons. The summed E-state index contributed by atoms with van der Waals surface area (Å²) >= 11 is 0. The van der Waals surface area contributed by atoms with Crippen LogP contribution in [-0.4, -0.2) is 90.3 Å². The van der Waals surface area contributed by atoms with Gasteiger partial charge in [-0.2, -0.15) is 0 Å². The third-order valence-corrected chi connectivity index (χ3v) is 7.56. The van der Waals surface area contributed by atoms with Gasteiger partial charge in [0.15, 0.2) is 0 Å². The molecule has 2 atom stereocenters. The molecule has 190 valence electrons. The average Bonchev–Trinajstić information content (AvgIpc) is 3.58. The van der Waals surface area contributed by atoms with Gasteiger partial charge in [-0.25, -0.2) is 0 Å². The Balaban J connectivity index is 1.29. The fourth-order valence-electron chi connectivity index (χ4n) is 5.28. The van der Waals surface area contributed by atoms with E-state index in [4.69, 9.17) is 0 Å². The summed E-state index contributed by atoms with van der Waals surface area (Å²) in [6.07, 6.45) is -0.0268. The first-order chi connectivity index (χ1) is 16.2. The van der Waals surface area contributed by atoms with E-state index < -0.39 is 6.36 Å². The molecule has 1 amide bonds. The standard InChI is InChI=1S/C24H34F3N3O4/c25-24(26,27)34-20-5-1-3-18(15-20)29-11-6-22(33)30(14-13-29)19(17-31)4-2-10-28-12-9-23(7-8-23)21(32)16-28/h1,3,5,15,19,21,31-32H,2,4,6-14,16-17H2/t19?,21-/m1/s1. The van der Waals surface area contributed by atoms with Crippen LogP contribution in [0.25, 0.3) is 0 Å². The Kier molecular flexibility index (Phi) is 7.59. The lowest BCUT2D eigenvalue weighted by Gasteiger charge is -2.37. The summed E-state index contributed by atoms with van der Waals surface area (Å²) in [5.74, 6) is -0.352. The van der Waals surface area contributed by atoms with Gasteiger partial charge in [0, 0.05) is 44.4 Å². The number of anilines is 1. The fourth-order valence-corrected chi connectivity index (χ4v) is 5.28. The van der Waals surface area contributed by atoms with Crippen molar-refractivity contribution in [3.05, 3.63) is 24.3 Å². The van der Waals surface area contributed by atoms with Crippen LogP contribution in [0.1, 0.15) is 38.5 Å². The van der Waals surface area contributed by atoms with E-state index in [0.29, 0.717) is 38.3 Å². The van der Waals surface area contributed by atoms with Crippen LogP contribution < -0.4 is 9.64 Å². The minimum atomic E-state index is -4.76. The maximum atomic E-state index is 12.8. The van der Waals surface area contributed by atoms with Crippen molar-refractivity contribution in [2.24, 2.45) is 5.41 Å². The Morgan fingerprint density at radius 3 is 2.62 bits per heavy atom. The molecule has 1 saturated carbocycles. The Morgan fingerprint density at radius 2 is 1.94 bits per heavy atom. The van der Waals surface area contributed by atoms with Crippen molar-refractivity contribution in [3.63, 3.8) is 0 Å². The molecular formula is C24H34F3N3O4. The van der Waals surface area contributed by atoms with Gasteiger partial charge >= 0.3 is 6.36 Å². The molecule has 0 bridgehead atoms. The van der Waals surface area contributed by atoms with Gasteiger partial charge < -0.3 is 29.6 Å². The van der Waals surface area contributed by atoms with Crippen LogP contribution in [0.5, 0.6) is 5.75 Å². The zero-order chi connectivity index (χ0) is 24.3. The molecule has 10 heteroatoms. The van der Waals surface area contributed by atoms with Crippen LogP contribution in [0.2, 0.25) is 0 Å². The summed E-state index contributed by atoms with van der Waals surface area (Å²) in [6.45, 7) is 3.60. The molecule has 2 heterocycles. The molecule has 1 spiro atoms. The number of aliphatic hydroxyl groups is 2. The summed E-state index contributed by atoms with van der Waals surface area (Å²) in [6, 6.07) is 5.48. The summed E-state index contributed by atoms with van der Waals surface area (Å²) < 4.78 is 41.7. The molecule has 1 unspecified atom stereocenters. The maximum absolute atomic E-state index is 12.8. The molecule has 2 saturated heterocycles. The Bertz CT molecular complexity index is 849. The minimum Gasteiger partial charge on any atom is -0.406 e. The number of likely N-dealkylation sites (tertiary alicyclic amines) is 1. The normalized spacial score (nSPS) is 24.3. The van der Waals surface area contributed by atoms with Crippen LogP contribution >= 0.6 is 0 Å². The van der Waals surface area contributed by atoms with E-state index in [1.165, 1.54) is 18.2 Å². The third-order valence-electron chi connectivity index (χ3n) is 7.56. The lowest BCUT2D eigenvalue weighted by molar-refractivity contribution is -0.274. The third kappa shape index (κ3) is 6.14. The number of β-amino-alcohol motifs (C(OH)–C–C–N with tert-alkyl or cyclic N) is 1. The molecule has 1 aromatic rings. The average molecular weight is 486 g/mol. The smallest absolute Gasteiger partial charge is 0.406 e. The number of halogens is 3. The highest BCUT2D eigenvalue weighted by Crippen LogP contribution is 2.53. The maximum Gasteiger partial charge on any atom is 0.573 e. The molecule has 1 aromatic carbocycles. The lowest BCUT2D eigenvalue weighted by Crippen LogP contribution is -2.46. The van der Waals surface area contributed by atoms with Crippen molar-refractivity contribution < 1.29 is 32.9 Å². The predicted molar refractivity (Wildman–Crippen MR) is 121 cm³/mol. The van der Waals surface area contributed by atoms with Gasteiger partial charge in [-0.1, -0.05) is 6.07 Å². The number of amides is 1. The SMILES string of the molecule is O=C1CCN(c2cccc(OC(F)(F)F)c2)CCN1C(CO)CCCN1CCC2(CC2)[C@H](O)C1. The number of benzene rings is 1. The summed E-state index contributed by atoms with van der Waals surface area (Å²) in [4.78, 5) is 18.7. The molecule has 1 aliphatic carbocycles. The monoisotopic (exact) mass is 485 g/mol. The number of piperidine rings is 1. The van der Waals surface area contributed by atoms with Crippen LogP contribution in [0.15, 0.2) is 24.3 Å². The van der Waals surface area contributed by atoms with Gasteiger partial charge in [-0.3, -0.25) is 4.79 Å². The first-order valence-electron chi connectivity index (χ1n) is 12.1. The number of rotatable bonds is 8. The minimum absolute atomic E-state index is 0.0617. The first kappa shape index (κ1) is 25.1. The molecule has 0 aromatic heterocycles. The number of carbonyl (C=O) groups is 1. The zero-order valence-corrected chi connectivity index (χ0v) is 19.3. The second kappa shape index (κ2) is 10.3. The van der Waals surface area contributed by atoms with Crippen molar-refractivity contribution in [1.82, 2.24) is 9.80 Å². The van der Waals surface area contributed by atoms with Crippen molar-refractivity contribution in [2.45, 2.75) is 57.0 Å². The van der Waals surface area contributed by atoms with Crippen molar-refractivity contribution in [1.29, 1.82) is 0 Å². The molecular weight excluding hydrogens is 451 g/mol. The summed E-state index contributed by atoms with van der Waals surface area (Å²) in [5, 5.41) is 20.4. The highest BCUT2D eigenvalue weighted by molar-refractivity contribution is 5.78. The van der Waals surface area contributed by atoms with E-state index in [2.05, 4.69) is 9.64 Å². The zero-order valence-electron chi connectivity index (χ0n) is 19.3. The number of alkyl halides is 3. The molecule has 7 nitrogen and oxygen atoms in total. The van der Waals surface area contributed by atoms with E-state index in [-0.39, 0.29) is 42.2 Å². The Labute approximate surface area is 198 Å². The van der Waals surface area contributed by atoms with E-state index in [1.807, 2.05) is 4.90 Å². The lowest BCUT2D eigenvalue weighted by atomic mass is 9.90. The van der Waals surface area contributed by atoms with Gasteiger partial charge in [-0.15, -0.1) is 13.2 Å². The molecule has 3 aliphatic rings. The topological polar surface area (TPSA) is 76.5 Å². The van der Waals surface area contributed by atoms with Crippen LogP contribution in [0.3, 0.4) is 0 Å². The predicted octanol–water partition coefficient (Wildman–Crippen LogP) is 2.61. The number of hydrogen-bond donors (Lipinski definition) is 2. The second-order valence-corrected chi connectivity index (χ2v) is 9.78. The Hall–Kier alpha value is -2.04. The van der Waals surface area contributed by atoms with E-state index in [0.717, 1.165) is 38.8 Å². The van der Waals surface area contributed by atoms with Crippen LogP contribution in [-0.2, 0) is 4.79 Å². The number of aliphatic hydroxyl groups excluding tert-OH is 2. The number of ether oxygens (including phenoxy) is 1. The van der Waals surface area contributed by atoms with E-state index in [1.54, 1.807) is 11.0 Å². The van der Waals surface area contributed by atoms with E-state index in [9.17, 15) is 28.2 Å². The second-order valence-electron chi connectivity index (χ2n) is 9.78. The molecule has 2 aliphatic heterocycles. The van der Waals surface area contributed by atoms with Gasteiger partial charge in [0.2, 0.25) is 5.91 Å². The number of nitrogens with zero attached hydrogens (tertiary/aromatic N) is 3. The molecule has 34 heavy (non-hydrogen) atoms. The van der Waals surface area contributed by atoms with Crippen LogP contribution in [0, 0.1) is 5.41 Å². The van der Waals surface area contributed by atoms with Gasteiger partial charge in [0.05, 0.1) is 18.8 Å². The quantitative estimate of drug-likeness (QED) is 0.590. The first-order valence-corrected chi connectivity index (χ1v) is 12.1. The van der Waals surface area contributed by atoms with Crippen molar-refractivity contribution >= 4 is 11.6 Å². The van der Waals surface area contributed by atoms with Crippen molar-refractivity contribution in [3.8, 4) is 5.75 Å². The summed E-state index contributed by atoms with van der Waals surface area (Å²) in [5.41, 5.74) is 0.737. The highest BCUT2D eigenvalue weighted by Gasteiger charge is 2.51. The highest BCUT2D eigenvalue weighted by atomic mass is 19.4. The number of carbonyl (C=O) groups excluding carboxylic acids is 1. The van der Waals surface area contributed by atoms with Gasteiger partial charge in [0.25, 0.3) is 0 Å². The molecule has 3 fully saturated rings. The summed E-state index contributed by atoms with van der Waals surface area (Å²) in [7, 11) is 0. The fraction of sp³-hybridized carbons (Fsp3) is 0.708. The van der Waals surface area contributed by atoms with Gasteiger partial charge in [0.1, 0.15) is 5.75 Å². The number of hydrogen-bond acceptors (Lipinski definition) is 6. The molecule has 4 rings (SSSR count). The van der Waals surface area contributed by atoms with Crippen LogP contribution in [0.4, 0.5) is 18.9 Å².